The fourth-order valence-electron chi connectivity index (χ4n) is 2.29. The van der Waals surface area contributed by atoms with Crippen molar-refractivity contribution in [1.82, 2.24) is 5.32 Å². The molecule has 15 heavy (non-hydrogen) atoms. The van der Waals surface area contributed by atoms with Crippen molar-refractivity contribution in [2.75, 3.05) is 13.1 Å². The van der Waals surface area contributed by atoms with E-state index in [1.54, 1.807) is 0 Å². The van der Waals surface area contributed by atoms with Gasteiger partial charge in [0.15, 0.2) is 0 Å². The van der Waals surface area contributed by atoms with E-state index >= 15 is 0 Å². The number of hydrogen-bond donors (Lipinski definition) is 1. The highest BCUT2D eigenvalue weighted by Gasteiger charge is 2.17. The first kappa shape index (κ1) is 12.5. The van der Waals surface area contributed by atoms with Crippen molar-refractivity contribution in [3.63, 3.8) is 0 Å². The molecule has 1 aliphatic rings. The summed E-state index contributed by atoms with van der Waals surface area (Å²) in [6.07, 6.45) is 8.56. The van der Waals surface area contributed by atoms with Crippen molar-refractivity contribution in [1.29, 1.82) is 5.26 Å². The maximum Gasteiger partial charge on any atom is 0.0621 e. The third kappa shape index (κ3) is 5.79. The molecule has 1 rings (SSSR count). The van der Waals surface area contributed by atoms with E-state index in [9.17, 15) is 0 Å². The molecule has 0 unspecified atom stereocenters. The molecular weight excluding hydrogens is 184 g/mol. The summed E-state index contributed by atoms with van der Waals surface area (Å²) in [4.78, 5) is 0. The first-order valence-corrected chi connectivity index (χ1v) is 6.40. The Bertz CT molecular complexity index is 187. The summed E-state index contributed by atoms with van der Waals surface area (Å²) < 4.78 is 0. The van der Waals surface area contributed by atoms with Crippen molar-refractivity contribution < 1.29 is 0 Å². The lowest BCUT2D eigenvalue weighted by molar-refractivity contribution is 0.281. The number of nitrogens with zero attached hydrogens (tertiary/aromatic N) is 1. The topological polar surface area (TPSA) is 35.8 Å². The van der Waals surface area contributed by atoms with Crippen molar-refractivity contribution in [2.24, 2.45) is 11.8 Å². The molecule has 0 spiro atoms. The Hall–Kier alpha value is -0.550. The van der Waals surface area contributed by atoms with E-state index in [4.69, 9.17) is 5.26 Å². The van der Waals surface area contributed by atoms with E-state index in [1.807, 2.05) is 0 Å². The first-order chi connectivity index (χ1) is 7.33. The Kier molecular flexibility index (Phi) is 6.43. The van der Waals surface area contributed by atoms with Gasteiger partial charge in [-0.3, -0.25) is 0 Å². The Labute approximate surface area is 94.1 Å². The van der Waals surface area contributed by atoms with Gasteiger partial charge in [-0.25, -0.2) is 0 Å². The second kappa shape index (κ2) is 7.70. The number of nitrogens with one attached hydrogen (secondary N) is 1. The van der Waals surface area contributed by atoms with Gasteiger partial charge in [-0.15, -0.1) is 0 Å². The molecule has 0 aromatic carbocycles. The third-order valence-electron chi connectivity index (χ3n) is 3.46. The fraction of sp³-hybridized carbons (Fsp3) is 0.923. The summed E-state index contributed by atoms with van der Waals surface area (Å²) in [6.45, 7) is 4.65. The average molecular weight is 208 g/mol. The van der Waals surface area contributed by atoms with Crippen LogP contribution in [0.5, 0.6) is 0 Å². The Morgan fingerprint density at radius 3 is 2.60 bits per heavy atom. The molecule has 0 atom stereocenters. The quantitative estimate of drug-likeness (QED) is 0.681. The lowest BCUT2D eigenvalue weighted by Crippen LogP contribution is -2.26. The molecule has 2 nitrogen and oxygen atoms in total. The van der Waals surface area contributed by atoms with E-state index in [-0.39, 0.29) is 0 Å². The van der Waals surface area contributed by atoms with Crippen LogP contribution in [0.15, 0.2) is 0 Å². The second-order valence-corrected chi connectivity index (χ2v) is 4.95. The van der Waals surface area contributed by atoms with Gasteiger partial charge < -0.3 is 5.32 Å². The molecule has 0 bridgehead atoms. The lowest BCUT2D eigenvalue weighted by atomic mass is 9.83. The largest absolute Gasteiger partial charge is 0.316 e. The Balaban J connectivity index is 1.90. The molecule has 0 saturated heterocycles. The van der Waals surface area contributed by atoms with Crippen molar-refractivity contribution in [3.05, 3.63) is 0 Å². The molecule has 0 amide bonds. The maximum absolute atomic E-state index is 8.38. The van der Waals surface area contributed by atoms with Crippen molar-refractivity contribution in [2.45, 2.75) is 51.9 Å². The van der Waals surface area contributed by atoms with Crippen LogP contribution in [0.2, 0.25) is 0 Å². The summed E-state index contributed by atoms with van der Waals surface area (Å²) in [6, 6.07) is 2.19. The molecule has 0 aliphatic heterocycles. The van der Waals surface area contributed by atoms with Crippen LogP contribution in [0.4, 0.5) is 0 Å². The van der Waals surface area contributed by atoms with Crippen LogP contribution in [0, 0.1) is 23.2 Å². The van der Waals surface area contributed by atoms with E-state index < -0.39 is 0 Å². The average Bonchev–Trinajstić information content (AvgIpc) is 2.26. The summed E-state index contributed by atoms with van der Waals surface area (Å²) in [5.74, 6) is 1.87. The highest BCUT2D eigenvalue weighted by Crippen LogP contribution is 2.27. The van der Waals surface area contributed by atoms with E-state index in [2.05, 4.69) is 18.3 Å². The van der Waals surface area contributed by atoms with Gasteiger partial charge in [-0.1, -0.05) is 19.8 Å². The number of rotatable bonds is 6. The van der Waals surface area contributed by atoms with Crippen LogP contribution >= 0.6 is 0 Å². The van der Waals surface area contributed by atoms with Crippen LogP contribution in [0.25, 0.3) is 0 Å². The standard InChI is InChI=1S/C13H24N2/c1-12-5-7-13(8-6-12)11-15-10-4-2-3-9-14/h12-13,15H,2-8,10-11H2,1H3. The molecule has 0 aromatic rings. The minimum absolute atomic E-state index is 0.711. The molecule has 1 aliphatic carbocycles. The molecule has 0 radical (unpaired) electrons. The highest BCUT2D eigenvalue weighted by molar-refractivity contribution is 4.72. The van der Waals surface area contributed by atoms with Crippen molar-refractivity contribution >= 4 is 0 Å². The molecular formula is C13H24N2. The second-order valence-electron chi connectivity index (χ2n) is 4.95. The van der Waals surface area contributed by atoms with Crippen LogP contribution < -0.4 is 5.32 Å². The van der Waals surface area contributed by atoms with E-state index in [1.165, 1.54) is 32.2 Å². The molecule has 1 fully saturated rings. The van der Waals surface area contributed by atoms with Gasteiger partial charge in [0.25, 0.3) is 0 Å². The number of hydrogen-bond acceptors (Lipinski definition) is 2. The van der Waals surface area contributed by atoms with Gasteiger partial charge in [0, 0.05) is 6.42 Å². The molecule has 1 saturated carbocycles. The normalized spacial score (nSPS) is 26.1. The summed E-state index contributed by atoms with van der Waals surface area (Å²) in [7, 11) is 0. The zero-order valence-electron chi connectivity index (χ0n) is 9.97. The Morgan fingerprint density at radius 2 is 1.93 bits per heavy atom. The zero-order chi connectivity index (χ0) is 10.9. The maximum atomic E-state index is 8.38. The van der Waals surface area contributed by atoms with Crippen molar-refractivity contribution in [3.8, 4) is 6.07 Å². The fourth-order valence-corrected chi connectivity index (χ4v) is 2.29. The van der Waals surface area contributed by atoms with Gasteiger partial charge in [0.1, 0.15) is 0 Å². The SMILES string of the molecule is CC1CCC(CNCCCCC#N)CC1. The molecule has 0 aromatic heterocycles. The molecule has 2 heteroatoms. The summed E-state index contributed by atoms with van der Waals surface area (Å²) in [5.41, 5.74) is 0. The predicted molar refractivity (Wildman–Crippen MR) is 63.5 cm³/mol. The molecule has 86 valence electrons. The van der Waals surface area contributed by atoms with Gasteiger partial charge in [-0.2, -0.15) is 5.26 Å². The number of unbranched alkanes of at least 4 members (excludes halogenated alkanes) is 2. The number of nitriles is 1. The third-order valence-corrected chi connectivity index (χ3v) is 3.46. The minimum Gasteiger partial charge on any atom is -0.316 e. The van der Waals surface area contributed by atoms with Gasteiger partial charge >= 0.3 is 0 Å². The smallest absolute Gasteiger partial charge is 0.0621 e. The summed E-state index contributed by atoms with van der Waals surface area (Å²) in [5, 5.41) is 11.9. The van der Waals surface area contributed by atoms with Crippen LogP contribution in [0.1, 0.15) is 51.9 Å². The van der Waals surface area contributed by atoms with E-state index in [0.29, 0.717) is 6.42 Å². The lowest BCUT2D eigenvalue weighted by Gasteiger charge is -2.26. The first-order valence-electron chi connectivity index (χ1n) is 6.40. The monoisotopic (exact) mass is 208 g/mol. The van der Waals surface area contributed by atoms with Crippen LogP contribution in [0.3, 0.4) is 0 Å². The van der Waals surface area contributed by atoms with Gasteiger partial charge in [0.05, 0.1) is 6.07 Å². The van der Waals surface area contributed by atoms with Crippen LogP contribution in [-0.4, -0.2) is 13.1 Å². The molecule has 0 heterocycles. The minimum atomic E-state index is 0.711. The van der Waals surface area contributed by atoms with Gasteiger partial charge in [0.2, 0.25) is 0 Å². The Morgan fingerprint density at radius 1 is 1.20 bits per heavy atom. The van der Waals surface area contributed by atoms with E-state index in [0.717, 1.165) is 31.2 Å². The summed E-state index contributed by atoms with van der Waals surface area (Å²) >= 11 is 0. The van der Waals surface area contributed by atoms with Gasteiger partial charge in [-0.05, 0) is 50.6 Å². The highest BCUT2D eigenvalue weighted by atomic mass is 14.9. The van der Waals surface area contributed by atoms with Crippen LogP contribution in [-0.2, 0) is 0 Å². The zero-order valence-corrected chi connectivity index (χ0v) is 9.97. The molecule has 1 N–H and O–H groups in total. The predicted octanol–water partition coefficient (Wildman–Crippen LogP) is 3.10.